The second kappa shape index (κ2) is 17.3. The molecule has 52 heavy (non-hydrogen) atoms. The van der Waals surface area contributed by atoms with Crippen molar-refractivity contribution in [3.8, 4) is 22.7 Å². The van der Waals surface area contributed by atoms with Gasteiger partial charge in [0.05, 0.1) is 30.0 Å². The molecule has 4 aromatic carbocycles. The molecule has 0 unspecified atom stereocenters. The third kappa shape index (κ3) is 9.07. The van der Waals surface area contributed by atoms with Gasteiger partial charge >= 0.3 is 11.9 Å². The van der Waals surface area contributed by atoms with Crippen molar-refractivity contribution in [1.29, 1.82) is 0 Å². The lowest BCUT2D eigenvalue weighted by Gasteiger charge is -2.12. The number of hydrogen-bond acceptors (Lipinski definition) is 8. The number of benzene rings is 4. The Morgan fingerprint density at radius 3 is 1.83 bits per heavy atom. The van der Waals surface area contributed by atoms with Crippen molar-refractivity contribution >= 4 is 41.2 Å². The molecular formula is C41H38N4O7. The van der Waals surface area contributed by atoms with Gasteiger partial charge in [-0.15, -0.1) is 0 Å². The summed E-state index contributed by atoms with van der Waals surface area (Å²) in [5.74, 6) is -1.76. The molecule has 0 atom stereocenters. The number of rotatable bonds is 14. The molecule has 2 amide bonds. The van der Waals surface area contributed by atoms with Crippen LogP contribution in [0.5, 0.6) is 5.75 Å². The van der Waals surface area contributed by atoms with Crippen molar-refractivity contribution in [2.24, 2.45) is 0 Å². The maximum atomic E-state index is 14.0. The molecule has 0 radical (unpaired) electrons. The summed E-state index contributed by atoms with van der Waals surface area (Å²) < 4.78 is 17.5. The average Bonchev–Trinajstić information content (AvgIpc) is 3.57. The number of ether oxygens (including phenoxy) is 3. The van der Waals surface area contributed by atoms with Crippen molar-refractivity contribution in [3.05, 3.63) is 144 Å². The summed E-state index contributed by atoms with van der Waals surface area (Å²) in [4.78, 5) is 52.3. The van der Waals surface area contributed by atoms with Crippen LogP contribution in [-0.2, 0) is 19.1 Å². The van der Waals surface area contributed by atoms with Gasteiger partial charge in [0.25, 0.3) is 11.8 Å². The van der Waals surface area contributed by atoms with Crippen LogP contribution in [0.4, 0.5) is 11.4 Å². The minimum absolute atomic E-state index is 0.224. The van der Waals surface area contributed by atoms with E-state index in [0.29, 0.717) is 46.1 Å². The van der Waals surface area contributed by atoms with Crippen molar-refractivity contribution < 1.29 is 33.4 Å². The van der Waals surface area contributed by atoms with Gasteiger partial charge in [-0.1, -0.05) is 30.9 Å². The van der Waals surface area contributed by atoms with Gasteiger partial charge in [0.15, 0.2) is 0 Å². The van der Waals surface area contributed by atoms with Gasteiger partial charge in [-0.3, -0.25) is 9.59 Å². The fourth-order valence-electron chi connectivity index (χ4n) is 5.16. The minimum Gasteiger partial charge on any atom is -0.490 e. The number of para-hydroxylation sites is 1. The van der Waals surface area contributed by atoms with Gasteiger partial charge in [0, 0.05) is 28.7 Å². The first-order valence-electron chi connectivity index (χ1n) is 16.6. The molecule has 2 N–H and O–H groups in total. The van der Waals surface area contributed by atoms with E-state index in [2.05, 4.69) is 17.2 Å². The lowest BCUT2D eigenvalue weighted by Crippen LogP contribution is -2.25. The van der Waals surface area contributed by atoms with E-state index in [1.807, 2.05) is 55.5 Å². The fraction of sp³-hybridized carbons (Fsp3) is 0.146. The lowest BCUT2D eigenvalue weighted by molar-refractivity contribution is -0.118. The second-order valence-electron chi connectivity index (χ2n) is 11.4. The smallest absolute Gasteiger partial charge is 0.338 e. The average molecular weight is 699 g/mol. The molecule has 0 fully saturated rings. The molecule has 264 valence electrons. The number of nitrogens with zero attached hydrogens (tertiary/aromatic N) is 2. The number of aromatic nitrogens is 2. The van der Waals surface area contributed by atoms with Crippen LogP contribution >= 0.6 is 0 Å². The van der Waals surface area contributed by atoms with E-state index < -0.39 is 23.8 Å². The third-order valence-corrected chi connectivity index (χ3v) is 7.68. The Kier molecular flexibility index (Phi) is 12.1. The zero-order valence-electron chi connectivity index (χ0n) is 29.1. The Bertz CT molecular complexity index is 2020. The van der Waals surface area contributed by atoms with Crippen LogP contribution in [-0.4, -0.2) is 53.4 Å². The highest BCUT2D eigenvalue weighted by molar-refractivity contribution is 6.29. The number of amides is 2. The van der Waals surface area contributed by atoms with Crippen LogP contribution < -0.4 is 15.4 Å². The Morgan fingerprint density at radius 1 is 0.769 bits per heavy atom. The highest BCUT2D eigenvalue weighted by Gasteiger charge is 2.23. The molecule has 0 aliphatic rings. The third-order valence-electron chi connectivity index (χ3n) is 7.68. The first kappa shape index (κ1) is 36.5. The number of aryl methyl sites for hydroxylation is 1. The molecule has 11 heteroatoms. The quantitative estimate of drug-likeness (QED) is 0.0402. The standard InChI is InChI=1S/C41H38N4O7/c1-5-23-52-34-21-22-35(27(4)24-34)37-30(26-45(44-37)33-11-9-8-10-12-33)25-36(38(46)42-31-17-13-28(14-18-31)40(48)50-6-2)39(47)43-32-19-15-29(16-20-32)41(49)51-7-3/h5,8-22,24-26H,1,6-7,23H2,2-4H3,(H,42,46)(H,43,47). The maximum absolute atomic E-state index is 14.0. The number of hydrogen-bond donors (Lipinski definition) is 2. The number of carbonyl (C=O) groups is 4. The molecule has 0 spiro atoms. The van der Waals surface area contributed by atoms with Gasteiger partial charge in [-0.25, -0.2) is 14.3 Å². The van der Waals surface area contributed by atoms with E-state index in [4.69, 9.17) is 19.3 Å². The summed E-state index contributed by atoms with van der Waals surface area (Å²) in [5.41, 5.74) is 4.48. The minimum atomic E-state index is -0.715. The Morgan fingerprint density at radius 2 is 1.33 bits per heavy atom. The predicted octanol–water partition coefficient (Wildman–Crippen LogP) is 7.43. The Labute approximate surface area is 301 Å². The number of carbonyl (C=O) groups excluding carboxylic acids is 4. The lowest BCUT2D eigenvalue weighted by atomic mass is 10.0. The van der Waals surface area contributed by atoms with Crippen LogP contribution in [0.1, 0.15) is 45.7 Å². The number of anilines is 2. The molecule has 0 saturated heterocycles. The van der Waals surface area contributed by atoms with Gasteiger partial charge in [-0.2, -0.15) is 5.10 Å². The van der Waals surface area contributed by atoms with Crippen molar-refractivity contribution in [3.63, 3.8) is 0 Å². The van der Waals surface area contributed by atoms with E-state index in [1.54, 1.807) is 55.1 Å². The maximum Gasteiger partial charge on any atom is 0.338 e. The highest BCUT2D eigenvalue weighted by atomic mass is 16.5. The fourth-order valence-corrected chi connectivity index (χ4v) is 5.16. The van der Waals surface area contributed by atoms with Crippen LogP contribution in [0.15, 0.2) is 121 Å². The molecular weight excluding hydrogens is 660 g/mol. The topological polar surface area (TPSA) is 138 Å². The summed E-state index contributed by atoms with van der Waals surface area (Å²) in [6.07, 6.45) is 4.89. The summed E-state index contributed by atoms with van der Waals surface area (Å²) in [7, 11) is 0. The summed E-state index contributed by atoms with van der Waals surface area (Å²) in [6, 6.07) is 27.3. The van der Waals surface area contributed by atoms with E-state index in [-0.39, 0.29) is 18.8 Å². The predicted molar refractivity (Wildman–Crippen MR) is 199 cm³/mol. The molecule has 5 rings (SSSR count). The molecule has 0 saturated carbocycles. The Hall–Kier alpha value is -6.75. The largest absolute Gasteiger partial charge is 0.490 e. The molecule has 5 aromatic rings. The van der Waals surface area contributed by atoms with E-state index >= 15 is 0 Å². The first-order chi connectivity index (χ1) is 25.2. The van der Waals surface area contributed by atoms with Crippen molar-refractivity contribution in [2.45, 2.75) is 20.8 Å². The molecule has 0 aliphatic carbocycles. The Balaban J connectivity index is 1.57. The second-order valence-corrected chi connectivity index (χ2v) is 11.4. The highest BCUT2D eigenvalue weighted by Crippen LogP contribution is 2.31. The van der Waals surface area contributed by atoms with Crippen molar-refractivity contribution in [1.82, 2.24) is 9.78 Å². The monoisotopic (exact) mass is 698 g/mol. The molecule has 1 heterocycles. The zero-order valence-corrected chi connectivity index (χ0v) is 29.1. The van der Waals surface area contributed by atoms with Crippen LogP contribution in [0, 0.1) is 6.92 Å². The van der Waals surface area contributed by atoms with Crippen molar-refractivity contribution in [2.75, 3.05) is 30.5 Å². The summed E-state index contributed by atoms with van der Waals surface area (Å²) in [6.45, 7) is 9.85. The van der Waals surface area contributed by atoms with Crippen LogP contribution in [0.25, 0.3) is 23.0 Å². The zero-order chi connectivity index (χ0) is 37.0. The SMILES string of the molecule is C=CCOc1ccc(-c2nn(-c3ccccc3)cc2C=C(C(=O)Nc2ccc(C(=O)OCC)cc2)C(=O)Nc2ccc(C(=O)OCC)cc2)c(C)c1. The van der Waals surface area contributed by atoms with E-state index in [9.17, 15) is 19.2 Å². The number of esters is 2. The van der Waals surface area contributed by atoms with Gasteiger partial charge in [0.1, 0.15) is 23.6 Å². The van der Waals surface area contributed by atoms with Crippen LogP contribution in [0.2, 0.25) is 0 Å². The normalized spacial score (nSPS) is 10.4. The number of nitrogens with one attached hydrogen (secondary N) is 2. The molecule has 11 nitrogen and oxygen atoms in total. The molecule has 0 aliphatic heterocycles. The van der Waals surface area contributed by atoms with Gasteiger partial charge < -0.3 is 24.8 Å². The van der Waals surface area contributed by atoms with Crippen LogP contribution in [0.3, 0.4) is 0 Å². The van der Waals surface area contributed by atoms with E-state index in [0.717, 1.165) is 16.8 Å². The van der Waals surface area contributed by atoms with Gasteiger partial charge in [0.2, 0.25) is 0 Å². The molecule has 1 aromatic heterocycles. The summed E-state index contributed by atoms with van der Waals surface area (Å²) in [5, 5.41) is 10.4. The van der Waals surface area contributed by atoms with Gasteiger partial charge in [-0.05, 0) is 111 Å². The molecule has 0 bridgehead atoms. The first-order valence-corrected chi connectivity index (χ1v) is 16.6. The van der Waals surface area contributed by atoms with E-state index in [1.165, 1.54) is 30.3 Å². The summed E-state index contributed by atoms with van der Waals surface area (Å²) >= 11 is 0.